The average molecular weight is 104 g/mol. The van der Waals surface area contributed by atoms with Crippen molar-refractivity contribution in [2.75, 3.05) is 6.73 Å². The molecular weight excluding hydrogens is 90.1 g/mol. The van der Waals surface area contributed by atoms with Crippen molar-refractivity contribution in [3.8, 4) is 0 Å². The summed E-state index contributed by atoms with van der Waals surface area (Å²) in [4.78, 5) is 0. The van der Waals surface area contributed by atoms with Crippen molar-refractivity contribution in [3.05, 3.63) is 0 Å². The van der Waals surface area contributed by atoms with Crippen LogP contribution in [0.1, 0.15) is 20.8 Å². The first kappa shape index (κ1) is 6.92. The highest BCUT2D eigenvalue weighted by Gasteiger charge is 2.07. The zero-order valence-corrected chi connectivity index (χ0v) is 5.32. The number of rotatable bonds is 1. The van der Waals surface area contributed by atoms with Crippen molar-refractivity contribution in [3.63, 3.8) is 0 Å². The largest absolute Gasteiger partial charge is 0.335 e. The fourth-order valence-corrected chi connectivity index (χ4v) is 0.306. The number of quaternary nitrogens is 1. The molecule has 0 saturated heterocycles. The molecule has 0 aromatic carbocycles. The maximum Gasteiger partial charge on any atom is 0.179 e. The Labute approximate surface area is 44.7 Å². The van der Waals surface area contributed by atoms with Crippen molar-refractivity contribution in [1.29, 1.82) is 0 Å². The lowest BCUT2D eigenvalue weighted by Gasteiger charge is -2.15. The fraction of sp³-hybridized carbons (Fsp3) is 1.00. The Bertz CT molecular complexity index is 46.5. The van der Waals surface area contributed by atoms with Crippen LogP contribution in [0.3, 0.4) is 0 Å². The van der Waals surface area contributed by atoms with Crippen LogP contribution in [0.4, 0.5) is 0 Å². The SMILES string of the molecule is CC(C)(C)OC[NH3+]. The van der Waals surface area contributed by atoms with E-state index in [1.807, 2.05) is 20.8 Å². The second kappa shape index (κ2) is 2.28. The van der Waals surface area contributed by atoms with E-state index in [2.05, 4.69) is 5.73 Å². The summed E-state index contributed by atoms with van der Waals surface area (Å²) in [5.74, 6) is 0. The Kier molecular flexibility index (Phi) is 2.26. The summed E-state index contributed by atoms with van der Waals surface area (Å²) in [6.45, 7) is 6.60. The third-order valence-corrected chi connectivity index (χ3v) is 0.535. The Morgan fingerprint density at radius 2 is 1.86 bits per heavy atom. The summed E-state index contributed by atoms with van der Waals surface area (Å²) in [7, 11) is 0. The van der Waals surface area contributed by atoms with Crippen molar-refractivity contribution in [2.45, 2.75) is 26.4 Å². The molecule has 7 heavy (non-hydrogen) atoms. The van der Waals surface area contributed by atoms with Gasteiger partial charge in [0, 0.05) is 0 Å². The van der Waals surface area contributed by atoms with E-state index in [4.69, 9.17) is 4.74 Å². The van der Waals surface area contributed by atoms with Crippen LogP contribution in [0, 0.1) is 0 Å². The molecule has 0 bridgehead atoms. The van der Waals surface area contributed by atoms with Crippen molar-refractivity contribution < 1.29 is 10.5 Å². The Morgan fingerprint density at radius 3 is 1.86 bits per heavy atom. The lowest BCUT2D eigenvalue weighted by Crippen LogP contribution is -2.53. The smallest absolute Gasteiger partial charge is 0.179 e. The van der Waals surface area contributed by atoms with Crippen LogP contribution in [0.15, 0.2) is 0 Å². The van der Waals surface area contributed by atoms with Gasteiger partial charge in [-0.05, 0) is 20.8 Å². The van der Waals surface area contributed by atoms with Gasteiger partial charge in [0.2, 0.25) is 0 Å². The van der Waals surface area contributed by atoms with Crippen LogP contribution in [-0.4, -0.2) is 12.3 Å². The van der Waals surface area contributed by atoms with Gasteiger partial charge in [-0.15, -0.1) is 0 Å². The lowest BCUT2D eigenvalue weighted by atomic mass is 10.2. The first-order valence-corrected chi connectivity index (χ1v) is 2.49. The van der Waals surface area contributed by atoms with E-state index in [0.717, 1.165) is 0 Å². The van der Waals surface area contributed by atoms with E-state index < -0.39 is 0 Å². The van der Waals surface area contributed by atoms with Gasteiger partial charge in [0.05, 0.1) is 5.60 Å². The quantitative estimate of drug-likeness (QED) is 0.467. The maximum atomic E-state index is 5.12. The minimum Gasteiger partial charge on any atom is -0.335 e. The minimum absolute atomic E-state index is 0.0122. The third-order valence-electron chi connectivity index (χ3n) is 0.535. The van der Waals surface area contributed by atoms with Crippen LogP contribution in [0.5, 0.6) is 0 Å². The highest BCUT2D eigenvalue weighted by Crippen LogP contribution is 2.03. The molecule has 0 aliphatic heterocycles. The van der Waals surface area contributed by atoms with Gasteiger partial charge in [-0.1, -0.05) is 0 Å². The molecule has 0 unspecified atom stereocenters. The monoisotopic (exact) mass is 104 g/mol. The fourth-order valence-electron chi connectivity index (χ4n) is 0.306. The normalized spacial score (nSPS) is 12.0. The molecule has 0 amide bonds. The molecule has 0 rings (SSSR count). The summed E-state index contributed by atoms with van der Waals surface area (Å²) < 4.78 is 5.12. The summed E-state index contributed by atoms with van der Waals surface area (Å²) >= 11 is 0. The standard InChI is InChI=1S/C5H13NO/c1-5(2,3)7-4-6/h4,6H2,1-3H3/p+1. The molecule has 0 heterocycles. The summed E-state index contributed by atoms with van der Waals surface area (Å²) in [6.07, 6.45) is 0. The van der Waals surface area contributed by atoms with Crippen LogP contribution in [0.2, 0.25) is 0 Å². The van der Waals surface area contributed by atoms with E-state index in [1.54, 1.807) is 0 Å². The lowest BCUT2D eigenvalue weighted by molar-refractivity contribution is -0.442. The van der Waals surface area contributed by atoms with Crippen LogP contribution < -0.4 is 5.73 Å². The topological polar surface area (TPSA) is 36.9 Å². The van der Waals surface area contributed by atoms with E-state index in [9.17, 15) is 0 Å². The second-order valence-corrected chi connectivity index (χ2v) is 2.46. The molecule has 2 heteroatoms. The molecule has 0 aliphatic rings. The molecule has 44 valence electrons. The van der Waals surface area contributed by atoms with Crippen molar-refractivity contribution in [1.82, 2.24) is 0 Å². The predicted molar refractivity (Wildman–Crippen MR) is 28.6 cm³/mol. The maximum absolute atomic E-state index is 5.12. The van der Waals surface area contributed by atoms with Gasteiger partial charge in [-0.3, -0.25) is 0 Å². The molecule has 0 radical (unpaired) electrons. The van der Waals surface area contributed by atoms with Crippen molar-refractivity contribution >= 4 is 0 Å². The van der Waals surface area contributed by atoms with E-state index in [-0.39, 0.29) is 5.60 Å². The van der Waals surface area contributed by atoms with Crippen molar-refractivity contribution in [2.24, 2.45) is 0 Å². The first-order valence-electron chi connectivity index (χ1n) is 2.49. The highest BCUT2D eigenvalue weighted by molar-refractivity contribution is 4.55. The molecule has 0 aromatic heterocycles. The van der Waals surface area contributed by atoms with Gasteiger partial charge in [0.25, 0.3) is 0 Å². The van der Waals surface area contributed by atoms with E-state index in [0.29, 0.717) is 6.73 Å². The van der Waals surface area contributed by atoms with Crippen LogP contribution >= 0.6 is 0 Å². The first-order chi connectivity index (χ1) is 3.06. The Balaban J connectivity index is 3.15. The van der Waals surface area contributed by atoms with Crippen LogP contribution in [0.25, 0.3) is 0 Å². The molecule has 2 nitrogen and oxygen atoms in total. The molecule has 0 aromatic rings. The van der Waals surface area contributed by atoms with Gasteiger partial charge >= 0.3 is 0 Å². The Hall–Kier alpha value is -0.0800. The summed E-state index contributed by atoms with van der Waals surface area (Å²) in [6, 6.07) is 0. The van der Waals surface area contributed by atoms with Gasteiger partial charge in [0.15, 0.2) is 6.73 Å². The minimum atomic E-state index is -0.0122. The van der Waals surface area contributed by atoms with E-state index in [1.165, 1.54) is 0 Å². The number of hydrogen-bond acceptors (Lipinski definition) is 1. The zero-order valence-electron chi connectivity index (χ0n) is 5.32. The summed E-state index contributed by atoms with van der Waals surface area (Å²) in [5, 5.41) is 0. The zero-order chi connectivity index (χ0) is 5.91. The molecule has 3 N–H and O–H groups in total. The highest BCUT2D eigenvalue weighted by atomic mass is 16.5. The molecular formula is C5H14NO+. The van der Waals surface area contributed by atoms with Gasteiger partial charge in [-0.25, -0.2) is 0 Å². The molecule has 0 atom stereocenters. The molecule has 0 aliphatic carbocycles. The molecule has 0 saturated carbocycles. The number of hydrogen-bond donors (Lipinski definition) is 1. The van der Waals surface area contributed by atoms with Gasteiger partial charge in [-0.2, -0.15) is 0 Å². The van der Waals surface area contributed by atoms with Gasteiger partial charge in [0.1, 0.15) is 0 Å². The Morgan fingerprint density at radius 1 is 1.43 bits per heavy atom. The third kappa shape index (κ3) is 5.92. The average Bonchev–Trinajstić information content (AvgIpc) is 1.30. The number of ether oxygens (including phenoxy) is 1. The molecule has 0 fully saturated rings. The van der Waals surface area contributed by atoms with E-state index >= 15 is 0 Å². The van der Waals surface area contributed by atoms with Crippen LogP contribution in [-0.2, 0) is 4.74 Å². The second-order valence-electron chi connectivity index (χ2n) is 2.46. The van der Waals surface area contributed by atoms with Gasteiger partial charge < -0.3 is 10.5 Å². The predicted octanol–water partition coefficient (Wildman–Crippen LogP) is 0.000900. The summed E-state index contributed by atoms with van der Waals surface area (Å²) in [5.41, 5.74) is 3.54. The molecule has 0 spiro atoms.